The Morgan fingerprint density at radius 3 is 2.08 bits per heavy atom. The molecule has 0 fully saturated rings. The summed E-state index contributed by atoms with van der Waals surface area (Å²) in [7, 11) is 6.47. The van der Waals surface area contributed by atoms with Gasteiger partial charge in [-0.3, -0.25) is 0 Å². The van der Waals surface area contributed by atoms with E-state index in [-0.39, 0.29) is 0 Å². The molecule has 5 aromatic rings. The van der Waals surface area contributed by atoms with Gasteiger partial charge in [0.05, 0.1) is 46.0 Å². The van der Waals surface area contributed by atoms with E-state index in [1.165, 1.54) is 11.3 Å². The van der Waals surface area contributed by atoms with E-state index < -0.39 is 0 Å². The molecule has 204 valence electrons. The Kier molecular flexibility index (Phi) is 7.89. The van der Waals surface area contributed by atoms with E-state index in [2.05, 4.69) is 38.1 Å². The van der Waals surface area contributed by atoms with Crippen molar-refractivity contribution in [2.24, 2.45) is 10.1 Å². The fourth-order valence-electron chi connectivity index (χ4n) is 4.70. The van der Waals surface area contributed by atoms with Crippen molar-refractivity contribution in [1.29, 1.82) is 0 Å². The fourth-order valence-corrected chi connectivity index (χ4v) is 5.54. The molecular weight excluding hydrogens is 522 g/mol. The van der Waals surface area contributed by atoms with E-state index in [0.29, 0.717) is 17.2 Å². The maximum absolute atomic E-state index is 5.71. The quantitative estimate of drug-likeness (QED) is 0.192. The molecule has 4 aromatic carbocycles. The molecule has 0 saturated carbocycles. The summed E-state index contributed by atoms with van der Waals surface area (Å²) in [6.45, 7) is 4.13. The average molecular weight is 554 g/mol. The number of para-hydroxylation sites is 1. The minimum absolute atomic E-state index is 0.528. The van der Waals surface area contributed by atoms with Crippen LogP contribution in [-0.2, 0) is 0 Å². The van der Waals surface area contributed by atoms with Crippen LogP contribution in [0.2, 0.25) is 0 Å². The average Bonchev–Trinajstić information content (AvgIpc) is 3.39. The molecule has 0 N–H and O–H groups in total. The highest BCUT2D eigenvalue weighted by Crippen LogP contribution is 2.41. The second-order valence-corrected chi connectivity index (χ2v) is 9.97. The molecule has 0 unspecified atom stereocenters. The maximum Gasteiger partial charge on any atom is 0.211 e. The lowest BCUT2D eigenvalue weighted by Crippen LogP contribution is -2.12. The summed E-state index contributed by atoms with van der Waals surface area (Å²) in [5.74, 6) is 2.38. The Morgan fingerprint density at radius 2 is 1.43 bits per heavy atom. The standard InChI is InChI=1S/C32H31N3O4S/c1-20-10-9-11-21(2)30(20)34-32-35(33-18-25-24-13-8-7-12-22(24)14-15-27(25)36-3)26(19-40-32)23-16-28(37-4)31(39-6)29(17-23)38-5/h7-19H,1-6H3. The van der Waals surface area contributed by atoms with Crippen LogP contribution in [0.5, 0.6) is 23.0 Å². The first-order chi connectivity index (χ1) is 19.5. The number of methoxy groups -OCH3 is 4. The van der Waals surface area contributed by atoms with Gasteiger partial charge in [-0.1, -0.05) is 48.5 Å². The number of rotatable bonds is 8. The van der Waals surface area contributed by atoms with Crippen LogP contribution in [0, 0.1) is 13.8 Å². The Hall–Kier alpha value is -4.56. The van der Waals surface area contributed by atoms with Crippen LogP contribution in [-0.4, -0.2) is 39.3 Å². The van der Waals surface area contributed by atoms with Crippen molar-refractivity contribution in [3.63, 3.8) is 0 Å². The molecule has 0 spiro atoms. The molecule has 0 aliphatic heterocycles. The van der Waals surface area contributed by atoms with Crippen molar-refractivity contribution in [1.82, 2.24) is 4.68 Å². The molecule has 8 heteroatoms. The van der Waals surface area contributed by atoms with Gasteiger partial charge >= 0.3 is 0 Å². The van der Waals surface area contributed by atoms with Crippen molar-refractivity contribution in [3.05, 3.63) is 93.6 Å². The molecule has 0 amide bonds. The third-order valence-electron chi connectivity index (χ3n) is 6.75. The summed E-state index contributed by atoms with van der Waals surface area (Å²) >= 11 is 1.51. The second-order valence-electron chi connectivity index (χ2n) is 9.13. The lowest BCUT2D eigenvalue weighted by atomic mass is 10.0. The highest BCUT2D eigenvalue weighted by molar-refractivity contribution is 7.07. The summed E-state index contributed by atoms with van der Waals surface area (Å²) in [5.41, 5.74) is 5.66. The van der Waals surface area contributed by atoms with Gasteiger partial charge in [0, 0.05) is 16.5 Å². The SMILES string of the molecule is COc1cc(-c2csc(=Nc3c(C)cccc3C)n2N=Cc2c(OC)ccc3ccccc23)cc(OC)c1OC. The smallest absolute Gasteiger partial charge is 0.211 e. The van der Waals surface area contributed by atoms with Gasteiger partial charge < -0.3 is 18.9 Å². The van der Waals surface area contributed by atoms with Gasteiger partial charge in [-0.15, -0.1) is 11.3 Å². The molecule has 0 aliphatic carbocycles. The number of nitrogens with zero attached hydrogens (tertiary/aromatic N) is 3. The zero-order valence-electron chi connectivity index (χ0n) is 23.4. The molecule has 0 atom stereocenters. The van der Waals surface area contributed by atoms with Crippen LogP contribution in [0.15, 0.2) is 82.2 Å². The Balaban J connectivity index is 1.77. The molecule has 0 bridgehead atoms. The van der Waals surface area contributed by atoms with E-state index >= 15 is 0 Å². The predicted molar refractivity (Wildman–Crippen MR) is 162 cm³/mol. The van der Waals surface area contributed by atoms with E-state index in [9.17, 15) is 0 Å². The normalized spacial score (nSPS) is 11.8. The first-order valence-corrected chi connectivity index (χ1v) is 13.6. The van der Waals surface area contributed by atoms with Gasteiger partial charge in [0.15, 0.2) is 11.5 Å². The van der Waals surface area contributed by atoms with E-state index in [4.69, 9.17) is 29.0 Å². The van der Waals surface area contributed by atoms with Gasteiger partial charge in [-0.05, 0) is 53.9 Å². The zero-order chi connectivity index (χ0) is 28.2. The molecule has 1 heterocycles. The molecule has 40 heavy (non-hydrogen) atoms. The van der Waals surface area contributed by atoms with Gasteiger partial charge in [-0.2, -0.15) is 5.10 Å². The Morgan fingerprint density at radius 1 is 0.750 bits per heavy atom. The van der Waals surface area contributed by atoms with E-state index in [1.807, 2.05) is 58.7 Å². The largest absolute Gasteiger partial charge is 0.496 e. The third-order valence-corrected chi connectivity index (χ3v) is 7.56. The van der Waals surface area contributed by atoms with Crippen LogP contribution >= 0.6 is 11.3 Å². The lowest BCUT2D eigenvalue weighted by molar-refractivity contribution is 0.324. The molecule has 0 aliphatic rings. The zero-order valence-corrected chi connectivity index (χ0v) is 24.2. The molecule has 7 nitrogen and oxygen atoms in total. The minimum atomic E-state index is 0.528. The van der Waals surface area contributed by atoms with Crippen LogP contribution in [0.1, 0.15) is 16.7 Å². The lowest BCUT2D eigenvalue weighted by Gasteiger charge is -2.14. The number of aryl methyl sites for hydroxylation is 2. The van der Waals surface area contributed by atoms with Crippen LogP contribution in [0.3, 0.4) is 0 Å². The summed E-state index contributed by atoms with van der Waals surface area (Å²) in [5, 5.41) is 9.18. The number of thiazole rings is 1. The number of benzene rings is 4. The van der Waals surface area contributed by atoms with Gasteiger partial charge in [0.1, 0.15) is 5.75 Å². The highest BCUT2D eigenvalue weighted by Gasteiger charge is 2.17. The summed E-state index contributed by atoms with van der Waals surface area (Å²) in [6, 6.07) is 22.2. The third kappa shape index (κ3) is 5.05. The molecule has 0 radical (unpaired) electrons. The number of hydrogen-bond donors (Lipinski definition) is 0. The monoisotopic (exact) mass is 553 g/mol. The summed E-state index contributed by atoms with van der Waals surface area (Å²) in [4.78, 5) is 5.79. The second kappa shape index (κ2) is 11.7. The topological polar surface area (TPSA) is 66.6 Å². The van der Waals surface area contributed by atoms with Crippen LogP contribution < -0.4 is 23.7 Å². The van der Waals surface area contributed by atoms with Gasteiger partial charge in [-0.25, -0.2) is 9.67 Å². The van der Waals surface area contributed by atoms with Crippen LogP contribution in [0.25, 0.3) is 22.0 Å². The molecule has 5 rings (SSSR count). The van der Waals surface area contributed by atoms with Crippen molar-refractivity contribution >= 4 is 34.0 Å². The number of hydrogen-bond acceptors (Lipinski definition) is 7. The van der Waals surface area contributed by atoms with E-state index in [0.717, 1.165) is 55.0 Å². The van der Waals surface area contributed by atoms with Crippen LogP contribution in [0.4, 0.5) is 5.69 Å². The summed E-state index contributed by atoms with van der Waals surface area (Å²) in [6.07, 6.45) is 1.83. The predicted octanol–water partition coefficient (Wildman–Crippen LogP) is 7.14. The first-order valence-electron chi connectivity index (χ1n) is 12.7. The number of ether oxygens (including phenoxy) is 4. The van der Waals surface area contributed by atoms with Crippen molar-refractivity contribution in [3.8, 4) is 34.3 Å². The Labute approximate surface area is 237 Å². The van der Waals surface area contributed by atoms with Gasteiger partial charge in [0.25, 0.3) is 0 Å². The number of aromatic nitrogens is 1. The first kappa shape index (κ1) is 27.0. The summed E-state index contributed by atoms with van der Waals surface area (Å²) < 4.78 is 24.4. The fraction of sp³-hybridized carbons (Fsp3) is 0.188. The minimum Gasteiger partial charge on any atom is -0.496 e. The molecule has 1 aromatic heterocycles. The molecular formula is C32H31N3O4S. The van der Waals surface area contributed by atoms with Crippen molar-refractivity contribution in [2.45, 2.75) is 13.8 Å². The maximum atomic E-state index is 5.71. The Bertz CT molecular complexity index is 1740. The van der Waals surface area contributed by atoms with Crippen molar-refractivity contribution < 1.29 is 18.9 Å². The highest BCUT2D eigenvalue weighted by atomic mass is 32.1. The molecule has 0 saturated heterocycles. The van der Waals surface area contributed by atoms with E-state index in [1.54, 1.807) is 28.4 Å². The van der Waals surface area contributed by atoms with Crippen molar-refractivity contribution in [2.75, 3.05) is 28.4 Å². The number of fused-ring (bicyclic) bond motifs is 1. The van der Waals surface area contributed by atoms with Gasteiger partial charge in [0.2, 0.25) is 10.6 Å².